The number of aromatic nitrogens is 2. The number of alkyl halides is 3. The largest absolute Gasteiger partial charge is 0.433 e. The van der Waals surface area contributed by atoms with Gasteiger partial charge in [-0.25, -0.2) is 4.98 Å². The van der Waals surface area contributed by atoms with Crippen molar-refractivity contribution in [1.29, 1.82) is 0 Å². The zero-order valence-electron chi connectivity index (χ0n) is 18.8. The summed E-state index contributed by atoms with van der Waals surface area (Å²) in [6, 6.07) is 8.76. The third kappa shape index (κ3) is 4.23. The lowest BCUT2D eigenvalue weighted by atomic mass is 9.61. The van der Waals surface area contributed by atoms with Crippen LogP contribution in [0.25, 0.3) is 22.2 Å². The van der Waals surface area contributed by atoms with Crippen molar-refractivity contribution in [2.45, 2.75) is 66.0 Å². The molecule has 3 rings (SSSR count). The minimum atomic E-state index is -4.50. The number of hydrogen-bond acceptors (Lipinski definition) is 2. The van der Waals surface area contributed by atoms with Gasteiger partial charge >= 0.3 is 6.18 Å². The van der Waals surface area contributed by atoms with Gasteiger partial charge < -0.3 is 0 Å². The summed E-state index contributed by atoms with van der Waals surface area (Å²) in [6.45, 7) is 13.4. The maximum atomic E-state index is 13.2. The van der Waals surface area contributed by atoms with Gasteiger partial charge in [-0.15, -0.1) is 0 Å². The van der Waals surface area contributed by atoms with E-state index in [-0.39, 0.29) is 16.3 Å². The normalized spacial score (nSPS) is 13.1. The number of benzene rings is 1. The van der Waals surface area contributed by atoms with Crippen LogP contribution in [-0.2, 0) is 18.0 Å². The van der Waals surface area contributed by atoms with Crippen molar-refractivity contribution in [3.05, 3.63) is 57.8 Å². The highest BCUT2D eigenvalue weighted by molar-refractivity contribution is 9.10. The fraction of sp³-hybridized carbons (Fsp3) is 0.440. The fourth-order valence-corrected chi connectivity index (χ4v) is 4.30. The first-order chi connectivity index (χ1) is 14.3. The number of nitrogens with zero attached hydrogens (tertiary/aromatic N) is 2. The highest BCUT2D eigenvalue weighted by atomic mass is 79.9. The average molecular weight is 493 g/mol. The van der Waals surface area contributed by atoms with Gasteiger partial charge in [0, 0.05) is 17.1 Å². The minimum Gasteiger partial charge on any atom is -0.254 e. The van der Waals surface area contributed by atoms with Crippen molar-refractivity contribution >= 4 is 26.8 Å². The molecule has 2 aromatic heterocycles. The zero-order chi connectivity index (χ0) is 23.2. The Labute approximate surface area is 190 Å². The summed E-state index contributed by atoms with van der Waals surface area (Å²) in [5.41, 5.74) is 3.34. The molecule has 0 spiro atoms. The second-order valence-electron chi connectivity index (χ2n) is 9.13. The number of pyridine rings is 2. The molecule has 0 fully saturated rings. The van der Waals surface area contributed by atoms with Gasteiger partial charge in [0.25, 0.3) is 0 Å². The van der Waals surface area contributed by atoms with Crippen LogP contribution in [0, 0.1) is 5.41 Å². The van der Waals surface area contributed by atoms with Crippen LogP contribution in [-0.4, -0.2) is 9.97 Å². The molecule has 0 aliphatic carbocycles. The summed E-state index contributed by atoms with van der Waals surface area (Å²) in [5.74, 6) is 0. The van der Waals surface area contributed by atoms with Gasteiger partial charge in [0.15, 0.2) is 0 Å². The van der Waals surface area contributed by atoms with E-state index in [0.29, 0.717) is 15.6 Å². The predicted octanol–water partition coefficient (Wildman–Crippen LogP) is 8.35. The van der Waals surface area contributed by atoms with E-state index in [1.54, 1.807) is 0 Å². The van der Waals surface area contributed by atoms with E-state index in [1.807, 2.05) is 6.07 Å². The third-order valence-corrected chi connectivity index (χ3v) is 7.57. The molecule has 0 amide bonds. The molecule has 31 heavy (non-hydrogen) atoms. The molecule has 0 radical (unpaired) electrons. The van der Waals surface area contributed by atoms with Crippen LogP contribution in [0.15, 0.2) is 41.0 Å². The Hall–Kier alpha value is -1.95. The second-order valence-corrected chi connectivity index (χ2v) is 9.99. The monoisotopic (exact) mass is 492 g/mol. The Bertz CT molecular complexity index is 1120. The molecule has 0 saturated carbocycles. The summed E-state index contributed by atoms with van der Waals surface area (Å²) in [4.78, 5) is 8.44. The summed E-state index contributed by atoms with van der Waals surface area (Å²) in [7, 11) is 0. The van der Waals surface area contributed by atoms with Crippen molar-refractivity contribution in [3.8, 4) is 11.3 Å². The number of halogens is 4. The predicted molar refractivity (Wildman–Crippen MR) is 124 cm³/mol. The summed E-state index contributed by atoms with van der Waals surface area (Å²) in [6.07, 6.45) is -1.04. The van der Waals surface area contributed by atoms with Crippen molar-refractivity contribution in [2.24, 2.45) is 5.41 Å². The number of fused-ring (bicyclic) bond motifs is 1. The quantitative estimate of drug-likeness (QED) is 0.357. The molecule has 0 unspecified atom stereocenters. The second kappa shape index (κ2) is 8.19. The molecule has 1 aromatic carbocycles. The summed E-state index contributed by atoms with van der Waals surface area (Å²) in [5, 5.41) is 0.588. The third-order valence-electron chi connectivity index (χ3n) is 6.99. The van der Waals surface area contributed by atoms with Crippen LogP contribution >= 0.6 is 15.9 Å². The molecule has 2 heterocycles. The van der Waals surface area contributed by atoms with Crippen LogP contribution in [0.2, 0.25) is 0 Å². The van der Waals surface area contributed by atoms with E-state index in [9.17, 15) is 13.2 Å². The maximum absolute atomic E-state index is 13.2. The van der Waals surface area contributed by atoms with E-state index in [4.69, 9.17) is 0 Å². The van der Waals surface area contributed by atoms with Crippen LogP contribution in [0.4, 0.5) is 13.2 Å². The minimum absolute atomic E-state index is 0.0634. The Morgan fingerprint density at radius 3 is 2.23 bits per heavy atom. The van der Waals surface area contributed by atoms with E-state index in [0.717, 1.165) is 24.5 Å². The molecule has 0 saturated heterocycles. The zero-order valence-corrected chi connectivity index (χ0v) is 20.4. The first-order valence-electron chi connectivity index (χ1n) is 10.5. The molecular formula is C25H28BrF3N2. The lowest BCUT2D eigenvalue weighted by Crippen LogP contribution is -2.37. The van der Waals surface area contributed by atoms with Gasteiger partial charge in [0.2, 0.25) is 0 Å². The maximum Gasteiger partial charge on any atom is 0.433 e. The van der Waals surface area contributed by atoms with Gasteiger partial charge in [0.05, 0.1) is 15.7 Å². The number of rotatable bonds is 5. The van der Waals surface area contributed by atoms with E-state index in [2.05, 4.69) is 79.6 Å². The summed E-state index contributed by atoms with van der Waals surface area (Å²) < 4.78 is 40.0. The Balaban J connectivity index is 2.26. The van der Waals surface area contributed by atoms with Crippen LogP contribution < -0.4 is 0 Å². The van der Waals surface area contributed by atoms with Gasteiger partial charge in [-0.1, -0.05) is 60.1 Å². The number of aryl methyl sites for hydroxylation is 1. The molecular weight excluding hydrogens is 465 g/mol. The molecule has 0 aliphatic rings. The summed E-state index contributed by atoms with van der Waals surface area (Å²) >= 11 is 3.32. The molecule has 0 aliphatic heterocycles. The van der Waals surface area contributed by atoms with Crippen molar-refractivity contribution in [2.75, 3.05) is 0 Å². The smallest absolute Gasteiger partial charge is 0.254 e. The van der Waals surface area contributed by atoms with Gasteiger partial charge in [-0.2, -0.15) is 13.2 Å². The first kappa shape index (κ1) is 23.7. The topological polar surface area (TPSA) is 25.8 Å². The van der Waals surface area contributed by atoms with Gasteiger partial charge in [0.1, 0.15) is 5.69 Å². The van der Waals surface area contributed by atoms with Crippen LogP contribution in [0.1, 0.15) is 64.8 Å². The Morgan fingerprint density at radius 2 is 1.65 bits per heavy atom. The van der Waals surface area contributed by atoms with Crippen molar-refractivity contribution in [1.82, 2.24) is 9.97 Å². The highest BCUT2D eigenvalue weighted by Gasteiger charge is 2.38. The van der Waals surface area contributed by atoms with Gasteiger partial charge in [-0.3, -0.25) is 4.98 Å². The fourth-order valence-electron chi connectivity index (χ4n) is 3.89. The first-order valence-corrected chi connectivity index (χ1v) is 11.3. The molecule has 3 aromatic rings. The molecule has 0 atom stereocenters. The van der Waals surface area contributed by atoms with Crippen LogP contribution in [0.3, 0.4) is 0 Å². The highest BCUT2D eigenvalue weighted by Crippen LogP contribution is 2.46. The molecule has 2 nitrogen and oxygen atoms in total. The van der Waals surface area contributed by atoms with E-state index in [1.165, 1.54) is 23.4 Å². The van der Waals surface area contributed by atoms with E-state index < -0.39 is 11.9 Å². The van der Waals surface area contributed by atoms with Crippen LogP contribution in [0.5, 0.6) is 0 Å². The SMILES string of the molecule is CCc1ccc(-c2ncc(Br)c3nc(C(F)(F)F)ccc23)cc1C(C)(C)C(C)(C)CC. The van der Waals surface area contributed by atoms with Gasteiger partial charge in [-0.05, 0) is 62.5 Å². The molecule has 0 bridgehead atoms. The molecule has 0 N–H and O–H groups in total. The Morgan fingerprint density at radius 1 is 0.968 bits per heavy atom. The Kier molecular flexibility index (Phi) is 6.27. The average Bonchev–Trinajstić information content (AvgIpc) is 2.72. The van der Waals surface area contributed by atoms with E-state index >= 15 is 0 Å². The van der Waals surface area contributed by atoms with Crippen molar-refractivity contribution < 1.29 is 13.2 Å². The number of hydrogen-bond donors (Lipinski definition) is 0. The standard InChI is InChI=1S/C25H28BrF3N2/c1-7-15-9-10-16(13-18(15)24(5,6)23(3,4)8-2)21-17-11-12-20(25(27,28)29)31-22(17)19(26)14-30-21/h9-14H,7-8H2,1-6H3. The molecule has 6 heteroatoms. The molecule has 166 valence electrons. The lowest BCUT2D eigenvalue weighted by Gasteiger charge is -2.43. The van der Waals surface area contributed by atoms with Crippen molar-refractivity contribution in [3.63, 3.8) is 0 Å². The lowest BCUT2D eigenvalue weighted by molar-refractivity contribution is -0.140.